The maximum Gasteiger partial charge on any atom is 0.225 e. The Morgan fingerprint density at radius 3 is 2.66 bits per heavy atom. The number of hydrogen-bond acceptors (Lipinski definition) is 3. The molecule has 1 unspecified atom stereocenters. The second-order valence-electron chi connectivity index (χ2n) is 8.53. The van der Waals surface area contributed by atoms with E-state index in [0.29, 0.717) is 12.5 Å². The summed E-state index contributed by atoms with van der Waals surface area (Å²) in [4.78, 5) is 19.6. The van der Waals surface area contributed by atoms with E-state index in [2.05, 4.69) is 27.6 Å². The minimum absolute atomic E-state index is 0. The maximum absolute atomic E-state index is 12.8. The Balaban J connectivity index is 0.00000289. The van der Waals surface area contributed by atoms with Gasteiger partial charge in [-0.25, -0.2) is 9.67 Å². The minimum atomic E-state index is 0. The van der Waals surface area contributed by atoms with Crippen molar-refractivity contribution < 1.29 is 4.79 Å². The molecule has 2 heterocycles. The van der Waals surface area contributed by atoms with E-state index < -0.39 is 0 Å². The quantitative estimate of drug-likeness (QED) is 0.327. The number of nitrogens with one attached hydrogen (secondary N) is 2. The molecule has 8 heteroatoms. The fourth-order valence-corrected chi connectivity index (χ4v) is 4.53. The predicted octanol–water partition coefficient (Wildman–Crippen LogP) is 3.73. The largest absolute Gasteiger partial charge is 0.357 e. The van der Waals surface area contributed by atoms with E-state index in [4.69, 9.17) is 4.99 Å². The summed E-state index contributed by atoms with van der Waals surface area (Å²) < 4.78 is 1.87. The number of likely N-dealkylation sites (tertiary alicyclic amines) is 1. The van der Waals surface area contributed by atoms with Crippen LogP contribution in [0.15, 0.2) is 47.6 Å². The number of para-hydroxylation sites is 1. The molecule has 0 radical (unpaired) electrons. The second kappa shape index (κ2) is 12.2. The van der Waals surface area contributed by atoms with Gasteiger partial charge in [-0.05, 0) is 44.4 Å². The monoisotopic (exact) mass is 550 g/mol. The van der Waals surface area contributed by atoms with Gasteiger partial charge in [-0.1, -0.05) is 37.5 Å². The lowest BCUT2D eigenvalue weighted by Gasteiger charge is -2.26. The standard InChI is InChI=1S/C24H34N6O.HI/c1-2-25-24(26-17-20-14-16-30(28-20)22-11-7-4-8-12-22)27-21-13-15-29(18-21)23(31)19-9-5-3-6-10-19;/h4,7-8,11-12,14,16,19,21H,2-3,5-6,9-10,13,15,17-18H2,1H3,(H2,25,26,27);1H. The van der Waals surface area contributed by atoms with Gasteiger partial charge in [-0.3, -0.25) is 4.79 Å². The summed E-state index contributed by atoms with van der Waals surface area (Å²) in [6.45, 7) is 4.97. The number of benzene rings is 1. The van der Waals surface area contributed by atoms with E-state index in [9.17, 15) is 4.79 Å². The van der Waals surface area contributed by atoms with Gasteiger partial charge in [-0.2, -0.15) is 5.10 Å². The van der Waals surface area contributed by atoms with Crippen molar-refractivity contribution in [1.29, 1.82) is 0 Å². The van der Waals surface area contributed by atoms with Crippen LogP contribution < -0.4 is 10.6 Å². The zero-order valence-corrected chi connectivity index (χ0v) is 21.2. The molecule has 2 aliphatic rings. The normalized spacial score (nSPS) is 19.5. The molecule has 1 aromatic heterocycles. The number of carbonyl (C=O) groups is 1. The third-order valence-corrected chi connectivity index (χ3v) is 6.20. The van der Waals surface area contributed by atoms with Gasteiger partial charge in [0.15, 0.2) is 5.96 Å². The highest BCUT2D eigenvalue weighted by molar-refractivity contribution is 14.0. The van der Waals surface area contributed by atoms with Crippen LogP contribution in [0.25, 0.3) is 5.69 Å². The molecule has 1 saturated heterocycles. The molecule has 174 valence electrons. The van der Waals surface area contributed by atoms with Gasteiger partial charge >= 0.3 is 0 Å². The smallest absolute Gasteiger partial charge is 0.225 e. The number of nitrogens with zero attached hydrogens (tertiary/aromatic N) is 4. The summed E-state index contributed by atoms with van der Waals surface area (Å²) in [5.41, 5.74) is 1.96. The first kappa shape index (κ1) is 24.5. The molecule has 2 fully saturated rings. The fourth-order valence-electron chi connectivity index (χ4n) is 4.53. The van der Waals surface area contributed by atoms with Gasteiger partial charge in [0.1, 0.15) is 0 Å². The van der Waals surface area contributed by atoms with Crippen LogP contribution in [0.2, 0.25) is 0 Å². The molecule has 1 atom stereocenters. The Labute approximate surface area is 208 Å². The second-order valence-corrected chi connectivity index (χ2v) is 8.53. The number of aromatic nitrogens is 2. The summed E-state index contributed by atoms with van der Waals surface area (Å²) in [6.07, 6.45) is 8.73. The highest BCUT2D eigenvalue weighted by Gasteiger charge is 2.31. The van der Waals surface area contributed by atoms with E-state index in [1.165, 1.54) is 19.3 Å². The van der Waals surface area contributed by atoms with Crippen LogP contribution in [-0.2, 0) is 11.3 Å². The Kier molecular flexibility index (Phi) is 9.37. The SMILES string of the molecule is CCNC(=NCc1ccn(-c2ccccc2)n1)NC1CCN(C(=O)C2CCCCC2)C1.I. The molecule has 1 aliphatic heterocycles. The zero-order valence-electron chi connectivity index (χ0n) is 18.9. The van der Waals surface area contributed by atoms with Crippen LogP contribution in [-0.4, -0.2) is 52.2 Å². The van der Waals surface area contributed by atoms with Crippen LogP contribution in [0.3, 0.4) is 0 Å². The van der Waals surface area contributed by atoms with Crippen molar-refractivity contribution in [3.63, 3.8) is 0 Å². The van der Waals surface area contributed by atoms with E-state index >= 15 is 0 Å². The summed E-state index contributed by atoms with van der Waals surface area (Å²) in [7, 11) is 0. The summed E-state index contributed by atoms with van der Waals surface area (Å²) in [6, 6.07) is 12.3. The van der Waals surface area contributed by atoms with Crippen LogP contribution >= 0.6 is 24.0 Å². The lowest BCUT2D eigenvalue weighted by molar-refractivity contribution is -0.135. The van der Waals surface area contributed by atoms with E-state index in [1.54, 1.807) is 0 Å². The zero-order chi connectivity index (χ0) is 21.5. The van der Waals surface area contributed by atoms with Crippen LogP contribution in [0.5, 0.6) is 0 Å². The van der Waals surface area contributed by atoms with Crippen LogP contribution in [0.1, 0.15) is 51.1 Å². The van der Waals surface area contributed by atoms with Gasteiger partial charge in [0.25, 0.3) is 0 Å². The average molecular weight is 550 g/mol. The first-order valence-electron chi connectivity index (χ1n) is 11.7. The van der Waals surface area contributed by atoms with Crippen molar-refractivity contribution in [2.24, 2.45) is 10.9 Å². The molecule has 1 aromatic carbocycles. The van der Waals surface area contributed by atoms with Gasteiger partial charge < -0.3 is 15.5 Å². The number of carbonyl (C=O) groups excluding carboxylic acids is 1. The lowest BCUT2D eigenvalue weighted by atomic mass is 9.88. The number of amides is 1. The highest BCUT2D eigenvalue weighted by atomic mass is 127. The minimum Gasteiger partial charge on any atom is -0.357 e. The molecule has 1 amide bonds. The molecule has 0 bridgehead atoms. The summed E-state index contributed by atoms with van der Waals surface area (Å²) in [5.74, 6) is 1.39. The van der Waals surface area contributed by atoms with Gasteiger partial charge in [-0.15, -0.1) is 24.0 Å². The molecule has 2 N–H and O–H groups in total. The van der Waals surface area contributed by atoms with E-state index in [-0.39, 0.29) is 35.9 Å². The predicted molar refractivity (Wildman–Crippen MR) is 138 cm³/mol. The van der Waals surface area contributed by atoms with Crippen molar-refractivity contribution in [2.75, 3.05) is 19.6 Å². The van der Waals surface area contributed by atoms with Gasteiger partial charge in [0, 0.05) is 37.8 Å². The molecule has 0 spiro atoms. The van der Waals surface area contributed by atoms with Crippen molar-refractivity contribution in [2.45, 2.75) is 58.0 Å². The Hall–Kier alpha value is -2.10. The van der Waals surface area contributed by atoms with Crippen molar-refractivity contribution >= 4 is 35.8 Å². The van der Waals surface area contributed by atoms with E-state index in [0.717, 1.165) is 56.2 Å². The Morgan fingerprint density at radius 1 is 1.12 bits per heavy atom. The van der Waals surface area contributed by atoms with Gasteiger partial charge in [0.2, 0.25) is 5.91 Å². The lowest BCUT2D eigenvalue weighted by Crippen LogP contribution is -2.45. The summed E-state index contributed by atoms with van der Waals surface area (Å²) in [5, 5.41) is 11.5. The number of aliphatic imine (C=N–C) groups is 1. The average Bonchev–Trinajstić information content (AvgIpc) is 3.48. The number of hydrogen-bond donors (Lipinski definition) is 2. The van der Waals surface area contributed by atoms with Crippen molar-refractivity contribution in [1.82, 2.24) is 25.3 Å². The first-order chi connectivity index (χ1) is 15.2. The number of guanidine groups is 1. The molecule has 1 aliphatic carbocycles. The topological polar surface area (TPSA) is 74.6 Å². The van der Waals surface area contributed by atoms with Crippen LogP contribution in [0, 0.1) is 5.92 Å². The Bertz CT molecular complexity index is 878. The molecule has 1 saturated carbocycles. The summed E-state index contributed by atoms with van der Waals surface area (Å²) >= 11 is 0. The first-order valence-corrected chi connectivity index (χ1v) is 11.7. The Morgan fingerprint density at radius 2 is 1.91 bits per heavy atom. The third-order valence-electron chi connectivity index (χ3n) is 6.20. The van der Waals surface area contributed by atoms with Gasteiger partial charge in [0.05, 0.1) is 17.9 Å². The highest BCUT2D eigenvalue weighted by Crippen LogP contribution is 2.26. The van der Waals surface area contributed by atoms with Crippen molar-refractivity contribution in [3.05, 3.63) is 48.3 Å². The maximum atomic E-state index is 12.8. The molecule has 7 nitrogen and oxygen atoms in total. The molecule has 2 aromatic rings. The van der Waals surface area contributed by atoms with Crippen LogP contribution in [0.4, 0.5) is 0 Å². The number of rotatable bonds is 6. The van der Waals surface area contributed by atoms with Crippen molar-refractivity contribution in [3.8, 4) is 5.69 Å². The molecular weight excluding hydrogens is 515 g/mol. The third kappa shape index (κ3) is 6.46. The molecule has 4 rings (SSSR count). The number of halogens is 1. The molecular formula is C24H35IN6O. The molecule has 32 heavy (non-hydrogen) atoms. The van der Waals surface area contributed by atoms with E-state index in [1.807, 2.05) is 47.3 Å². The fraction of sp³-hybridized carbons (Fsp3) is 0.542.